The number of amides is 1. The molecular formula is C11H12BrClN2O3. The second kappa shape index (κ2) is 5.24. The van der Waals surface area contributed by atoms with E-state index in [2.05, 4.69) is 21.2 Å². The van der Waals surface area contributed by atoms with Crippen molar-refractivity contribution in [2.24, 2.45) is 0 Å². The fraction of sp³-hybridized carbons (Fsp3) is 0.364. The summed E-state index contributed by atoms with van der Waals surface area (Å²) >= 11 is 9.02. The van der Waals surface area contributed by atoms with E-state index < -0.39 is 9.25 Å². The molecule has 7 heteroatoms. The molecule has 0 bridgehead atoms. The minimum Gasteiger partial charge on any atom is -0.325 e. The number of nitrogens with zero attached hydrogens (tertiary/aromatic N) is 1. The van der Waals surface area contributed by atoms with Crippen molar-refractivity contribution in [3.05, 3.63) is 32.8 Å². The predicted molar refractivity (Wildman–Crippen MR) is 74.5 cm³/mol. The highest BCUT2D eigenvalue weighted by Crippen LogP contribution is 2.31. The summed E-state index contributed by atoms with van der Waals surface area (Å²) in [6.07, 6.45) is 0. The third-order valence-corrected chi connectivity index (χ3v) is 2.94. The lowest BCUT2D eigenvalue weighted by molar-refractivity contribution is -0.384. The van der Waals surface area contributed by atoms with E-state index in [0.717, 1.165) is 0 Å². The monoisotopic (exact) mass is 334 g/mol. The first-order valence-electron chi connectivity index (χ1n) is 5.08. The topological polar surface area (TPSA) is 72.2 Å². The maximum absolute atomic E-state index is 11.8. The SMILES string of the molecule is Cc1cc([N+](=O)[O-])c(Cl)cc1NC(=O)C(C)(C)Br. The number of nitro groups is 1. The molecule has 0 heterocycles. The molecule has 1 aromatic carbocycles. The molecule has 0 aliphatic heterocycles. The average Bonchev–Trinajstić information content (AvgIpc) is 2.21. The van der Waals surface area contributed by atoms with Crippen LogP contribution in [0.5, 0.6) is 0 Å². The van der Waals surface area contributed by atoms with Crippen LogP contribution >= 0.6 is 27.5 Å². The van der Waals surface area contributed by atoms with Gasteiger partial charge in [-0.05, 0) is 32.4 Å². The zero-order valence-electron chi connectivity index (χ0n) is 10.1. The van der Waals surface area contributed by atoms with Crippen LogP contribution in [0.4, 0.5) is 11.4 Å². The highest BCUT2D eigenvalue weighted by Gasteiger charge is 2.25. The molecule has 0 unspecified atom stereocenters. The van der Waals surface area contributed by atoms with Gasteiger partial charge in [-0.2, -0.15) is 0 Å². The smallest absolute Gasteiger partial charge is 0.288 e. The Bertz CT molecular complexity index is 512. The Hall–Kier alpha value is -1.14. The Labute approximate surface area is 118 Å². The predicted octanol–water partition coefficient (Wildman–Crippen LogP) is 3.67. The van der Waals surface area contributed by atoms with Crippen molar-refractivity contribution in [3.63, 3.8) is 0 Å². The lowest BCUT2D eigenvalue weighted by Gasteiger charge is -2.17. The fourth-order valence-electron chi connectivity index (χ4n) is 1.21. The molecule has 1 N–H and O–H groups in total. The summed E-state index contributed by atoms with van der Waals surface area (Å²) in [6.45, 7) is 5.06. The molecule has 0 spiro atoms. The van der Waals surface area contributed by atoms with Gasteiger partial charge in [0.05, 0.1) is 9.25 Å². The maximum Gasteiger partial charge on any atom is 0.288 e. The van der Waals surface area contributed by atoms with Crippen molar-refractivity contribution < 1.29 is 9.72 Å². The number of carbonyl (C=O) groups excluding carboxylic acids is 1. The van der Waals surface area contributed by atoms with Crippen LogP contribution in [0.2, 0.25) is 5.02 Å². The number of hydrogen-bond acceptors (Lipinski definition) is 3. The largest absolute Gasteiger partial charge is 0.325 e. The molecule has 0 aromatic heterocycles. The van der Waals surface area contributed by atoms with Gasteiger partial charge >= 0.3 is 0 Å². The van der Waals surface area contributed by atoms with Gasteiger partial charge in [-0.3, -0.25) is 14.9 Å². The van der Waals surface area contributed by atoms with Crippen molar-refractivity contribution in [2.45, 2.75) is 25.1 Å². The number of rotatable bonds is 3. The Morgan fingerprint density at radius 2 is 2.06 bits per heavy atom. The molecule has 0 radical (unpaired) electrons. The first-order chi connectivity index (χ1) is 8.12. The van der Waals surface area contributed by atoms with Crippen molar-refractivity contribution >= 4 is 44.8 Å². The van der Waals surface area contributed by atoms with Gasteiger partial charge in [0.1, 0.15) is 5.02 Å². The number of carbonyl (C=O) groups is 1. The van der Waals surface area contributed by atoms with Crippen molar-refractivity contribution in [1.82, 2.24) is 0 Å². The van der Waals surface area contributed by atoms with Gasteiger partial charge in [0.25, 0.3) is 5.69 Å². The van der Waals surface area contributed by atoms with E-state index in [0.29, 0.717) is 11.3 Å². The molecule has 1 amide bonds. The van der Waals surface area contributed by atoms with Crippen LogP contribution in [0.3, 0.4) is 0 Å². The third kappa shape index (κ3) is 3.43. The lowest BCUT2D eigenvalue weighted by Crippen LogP contribution is -2.31. The quantitative estimate of drug-likeness (QED) is 0.520. The average molecular weight is 336 g/mol. The van der Waals surface area contributed by atoms with Crippen molar-refractivity contribution in [2.75, 3.05) is 5.32 Å². The molecule has 1 aromatic rings. The zero-order chi connectivity index (χ0) is 14.1. The molecule has 0 atom stereocenters. The molecule has 0 fully saturated rings. The minimum atomic E-state index is -0.728. The van der Waals surface area contributed by atoms with E-state index in [1.54, 1.807) is 20.8 Å². The number of benzene rings is 1. The van der Waals surface area contributed by atoms with Gasteiger partial charge < -0.3 is 5.32 Å². The molecule has 0 aliphatic rings. The van der Waals surface area contributed by atoms with Gasteiger partial charge in [0, 0.05) is 11.8 Å². The van der Waals surface area contributed by atoms with Crippen molar-refractivity contribution in [3.8, 4) is 0 Å². The van der Waals surface area contributed by atoms with Gasteiger partial charge in [0.2, 0.25) is 5.91 Å². The second-order valence-corrected chi connectivity index (χ2v) is 6.69. The molecule has 18 heavy (non-hydrogen) atoms. The summed E-state index contributed by atoms with van der Waals surface area (Å²) in [5.41, 5.74) is 0.865. The standard InChI is InChI=1S/C11H12BrClN2O3/c1-6-4-9(15(17)18)7(13)5-8(6)14-10(16)11(2,3)12/h4-5H,1-3H3,(H,14,16). The van der Waals surface area contributed by atoms with Crippen LogP contribution < -0.4 is 5.32 Å². The Kier molecular flexibility index (Phi) is 4.34. The number of halogens is 2. The third-order valence-electron chi connectivity index (χ3n) is 2.28. The van der Waals surface area contributed by atoms with E-state index in [4.69, 9.17) is 11.6 Å². The zero-order valence-corrected chi connectivity index (χ0v) is 12.4. The highest BCUT2D eigenvalue weighted by atomic mass is 79.9. The summed E-state index contributed by atoms with van der Waals surface area (Å²) in [5.74, 6) is -0.254. The van der Waals surface area contributed by atoms with Gasteiger partial charge in [-0.15, -0.1) is 0 Å². The van der Waals surface area contributed by atoms with Crippen LogP contribution in [0.25, 0.3) is 0 Å². The number of anilines is 1. The van der Waals surface area contributed by atoms with Gasteiger partial charge in [-0.25, -0.2) is 0 Å². The summed E-state index contributed by atoms with van der Waals surface area (Å²) in [6, 6.07) is 2.71. The van der Waals surface area contributed by atoms with Crippen molar-refractivity contribution in [1.29, 1.82) is 0 Å². The first-order valence-corrected chi connectivity index (χ1v) is 6.25. The lowest BCUT2D eigenvalue weighted by atomic mass is 10.1. The number of nitro benzene ring substituents is 1. The molecule has 98 valence electrons. The number of hydrogen-bond donors (Lipinski definition) is 1. The molecular weight excluding hydrogens is 323 g/mol. The second-order valence-electron chi connectivity index (χ2n) is 4.30. The summed E-state index contributed by atoms with van der Waals surface area (Å²) in [7, 11) is 0. The molecule has 0 saturated heterocycles. The van der Waals surface area contributed by atoms with Crippen LogP contribution in [0.15, 0.2) is 12.1 Å². The molecule has 5 nitrogen and oxygen atoms in total. The number of alkyl halides is 1. The summed E-state index contributed by atoms with van der Waals surface area (Å²) in [5, 5.41) is 13.4. The van der Waals surface area contributed by atoms with Crippen LogP contribution in [-0.2, 0) is 4.79 Å². The molecule has 0 saturated carbocycles. The molecule has 0 aliphatic carbocycles. The van der Waals surface area contributed by atoms with E-state index in [1.165, 1.54) is 12.1 Å². The Morgan fingerprint density at radius 1 is 1.50 bits per heavy atom. The normalized spacial score (nSPS) is 11.2. The summed E-state index contributed by atoms with van der Waals surface area (Å²) in [4.78, 5) is 21.9. The Morgan fingerprint density at radius 3 is 2.50 bits per heavy atom. The first kappa shape index (κ1) is 14.9. The van der Waals surface area contributed by atoms with Crippen LogP contribution in [-0.4, -0.2) is 15.2 Å². The van der Waals surface area contributed by atoms with E-state index in [9.17, 15) is 14.9 Å². The maximum atomic E-state index is 11.8. The Balaban J connectivity index is 3.10. The van der Waals surface area contributed by atoms with E-state index in [1.807, 2.05) is 0 Å². The van der Waals surface area contributed by atoms with Gasteiger partial charge in [-0.1, -0.05) is 27.5 Å². The van der Waals surface area contributed by atoms with Crippen LogP contribution in [0.1, 0.15) is 19.4 Å². The number of nitrogens with one attached hydrogen (secondary N) is 1. The highest BCUT2D eigenvalue weighted by molar-refractivity contribution is 9.10. The van der Waals surface area contributed by atoms with E-state index >= 15 is 0 Å². The van der Waals surface area contributed by atoms with Gasteiger partial charge in [0.15, 0.2) is 0 Å². The number of aryl methyl sites for hydroxylation is 1. The summed E-state index contributed by atoms with van der Waals surface area (Å²) < 4.78 is -0.728. The fourth-order valence-corrected chi connectivity index (χ4v) is 1.54. The molecule has 1 rings (SSSR count). The minimum absolute atomic E-state index is 0.00622. The van der Waals surface area contributed by atoms with Crippen LogP contribution in [0, 0.1) is 17.0 Å². The van der Waals surface area contributed by atoms with E-state index in [-0.39, 0.29) is 16.6 Å².